The van der Waals surface area contributed by atoms with Crippen molar-refractivity contribution in [3.63, 3.8) is 0 Å². The summed E-state index contributed by atoms with van der Waals surface area (Å²) in [5.41, 5.74) is 0. The van der Waals surface area contributed by atoms with E-state index in [0.717, 1.165) is 23.9 Å². The van der Waals surface area contributed by atoms with Crippen LogP contribution in [0.5, 0.6) is 0 Å². The molecule has 2 fully saturated rings. The lowest BCUT2D eigenvalue weighted by Gasteiger charge is -2.42. The Bertz CT molecular complexity index is 225. The van der Waals surface area contributed by atoms with Crippen LogP contribution in [0.15, 0.2) is 0 Å². The summed E-state index contributed by atoms with van der Waals surface area (Å²) < 4.78 is 0. The Kier molecular flexibility index (Phi) is 4.87. The van der Waals surface area contributed by atoms with E-state index in [1.165, 1.54) is 51.7 Å². The van der Waals surface area contributed by atoms with Gasteiger partial charge in [0.1, 0.15) is 0 Å². The molecule has 3 atom stereocenters. The first-order valence-corrected chi connectivity index (χ1v) is 7.68. The highest BCUT2D eigenvalue weighted by molar-refractivity contribution is 4.87. The fourth-order valence-electron chi connectivity index (χ4n) is 3.06. The zero-order chi connectivity index (χ0) is 12.3. The van der Waals surface area contributed by atoms with Crippen molar-refractivity contribution in [2.24, 2.45) is 11.8 Å². The molecule has 1 aliphatic carbocycles. The summed E-state index contributed by atoms with van der Waals surface area (Å²) in [6.07, 6.45) is 7.21. The van der Waals surface area contributed by atoms with Crippen molar-refractivity contribution in [2.75, 3.05) is 19.6 Å². The first-order chi connectivity index (χ1) is 8.20. The average Bonchev–Trinajstić information content (AvgIpc) is 2.28. The molecule has 1 saturated carbocycles. The summed E-state index contributed by atoms with van der Waals surface area (Å²) in [5.74, 6) is 1.87. The first kappa shape index (κ1) is 13.4. The largest absolute Gasteiger partial charge is 0.311 e. The van der Waals surface area contributed by atoms with E-state index in [1.807, 2.05) is 0 Å². The fourth-order valence-corrected chi connectivity index (χ4v) is 3.06. The lowest BCUT2D eigenvalue weighted by atomic mass is 9.82. The highest BCUT2D eigenvalue weighted by atomic mass is 15.2. The Morgan fingerprint density at radius 2 is 2.12 bits per heavy atom. The number of nitrogens with one attached hydrogen (secondary N) is 1. The average molecular weight is 238 g/mol. The number of hydrogen-bond acceptors (Lipinski definition) is 2. The minimum atomic E-state index is 0.720. The van der Waals surface area contributed by atoms with Crippen molar-refractivity contribution in [1.82, 2.24) is 10.2 Å². The second-order valence-corrected chi connectivity index (χ2v) is 6.33. The predicted octanol–water partition coefficient (Wildman–Crippen LogP) is 2.89. The molecule has 0 aromatic heterocycles. The Balaban J connectivity index is 1.77. The van der Waals surface area contributed by atoms with E-state index in [4.69, 9.17) is 0 Å². The SMILES string of the molecule is CCC(C)C1CN(CCC2CCC2)C(C)CN1. The minimum Gasteiger partial charge on any atom is -0.311 e. The van der Waals surface area contributed by atoms with Gasteiger partial charge in [-0.2, -0.15) is 0 Å². The molecular formula is C15H30N2. The number of rotatable bonds is 5. The zero-order valence-corrected chi connectivity index (χ0v) is 11.9. The predicted molar refractivity (Wildman–Crippen MR) is 74.2 cm³/mol. The molecule has 1 N–H and O–H groups in total. The molecule has 0 bridgehead atoms. The number of nitrogens with zero attached hydrogens (tertiary/aromatic N) is 1. The van der Waals surface area contributed by atoms with Crippen LogP contribution in [0, 0.1) is 11.8 Å². The highest BCUT2D eigenvalue weighted by Gasteiger charge is 2.28. The Labute approximate surface area is 107 Å². The zero-order valence-electron chi connectivity index (χ0n) is 11.9. The van der Waals surface area contributed by atoms with E-state index in [9.17, 15) is 0 Å². The van der Waals surface area contributed by atoms with Gasteiger partial charge < -0.3 is 5.32 Å². The Morgan fingerprint density at radius 3 is 2.71 bits per heavy atom. The molecule has 1 aliphatic heterocycles. The van der Waals surface area contributed by atoms with Crippen LogP contribution in [0.2, 0.25) is 0 Å². The maximum absolute atomic E-state index is 3.72. The van der Waals surface area contributed by atoms with E-state index in [-0.39, 0.29) is 0 Å². The normalized spacial score (nSPS) is 33.4. The summed E-state index contributed by atoms with van der Waals surface area (Å²) >= 11 is 0. The standard InChI is InChI=1S/C15H30N2/c1-4-12(2)15-11-17(13(3)10-16-15)9-8-14-6-5-7-14/h12-16H,4-11H2,1-3H3. The molecule has 1 saturated heterocycles. The molecule has 3 unspecified atom stereocenters. The molecule has 0 spiro atoms. The first-order valence-electron chi connectivity index (χ1n) is 7.68. The molecule has 100 valence electrons. The molecule has 2 aliphatic rings. The van der Waals surface area contributed by atoms with Gasteiger partial charge in [0, 0.05) is 25.2 Å². The summed E-state index contributed by atoms with van der Waals surface area (Å²) in [4.78, 5) is 2.73. The van der Waals surface area contributed by atoms with Gasteiger partial charge in [-0.3, -0.25) is 4.90 Å². The van der Waals surface area contributed by atoms with Crippen LogP contribution in [0.3, 0.4) is 0 Å². The summed E-state index contributed by atoms with van der Waals surface area (Å²) in [6.45, 7) is 10.9. The van der Waals surface area contributed by atoms with Gasteiger partial charge in [-0.15, -0.1) is 0 Å². The van der Waals surface area contributed by atoms with Crippen LogP contribution in [-0.4, -0.2) is 36.6 Å². The molecule has 1 heterocycles. The lowest BCUT2D eigenvalue weighted by molar-refractivity contribution is 0.105. The van der Waals surface area contributed by atoms with Crippen molar-refractivity contribution in [2.45, 2.75) is 65.0 Å². The number of piperazine rings is 1. The topological polar surface area (TPSA) is 15.3 Å². The van der Waals surface area contributed by atoms with E-state index in [2.05, 4.69) is 31.0 Å². The molecule has 2 rings (SSSR count). The molecule has 0 amide bonds. The maximum atomic E-state index is 3.72. The second kappa shape index (κ2) is 6.19. The van der Waals surface area contributed by atoms with Crippen LogP contribution in [0.25, 0.3) is 0 Å². The Morgan fingerprint density at radius 1 is 1.35 bits per heavy atom. The van der Waals surface area contributed by atoms with Crippen molar-refractivity contribution in [3.8, 4) is 0 Å². The third-order valence-corrected chi connectivity index (χ3v) is 5.11. The molecule has 17 heavy (non-hydrogen) atoms. The van der Waals surface area contributed by atoms with Gasteiger partial charge in [0.05, 0.1) is 0 Å². The van der Waals surface area contributed by atoms with E-state index < -0.39 is 0 Å². The monoisotopic (exact) mass is 238 g/mol. The van der Waals surface area contributed by atoms with Gasteiger partial charge in [0.15, 0.2) is 0 Å². The van der Waals surface area contributed by atoms with Gasteiger partial charge in [0.2, 0.25) is 0 Å². The van der Waals surface area contributed by atoms with Crippen molar-refractivity contribution >= 4 is 0 Å². The summed E-state index contributed by atoms with van der Waals surface area (Å²) in [7, 11) is 0. The molecule has 0 aromatic rings. The second-order valence-electron chi connectivity index (χ2n) is 6.33. The van der Waals surface area contributed by atoms with Gasteiger partial charge >= 0.3 is 0 Å². The third-order valence-electron chi connectivity index (χ3n) is 5.11. The van der Waals surface area contributed by atoms with Crippen LogP contribution < -0.4 is 5.32 Å². The number of hydrogen-bond donors (Lipinski definition) is 1. The van der Waals surface area contributed by atoms with Gasteiger partial charge in [-0.25, -0.2) is 0 Å². The van der Waals surface area contributed by atoms with Crippen molar-refractivity contribution in [1.29, 1.82) is 0 Å². The van der Waals surface area contributed by atoms with Crippen LogP contribution in [0.1, 0.15) is 52.9 Å². The fraction of sp³-hybridized carbons (Fsp3) is 1.00. The molecular weight excluding hydrogens is 208 g/mol. The molecule has 0 radical (unpaired) electrons. The van der Waals surface area contributed by atoms with Crippen LogP contribution >= 0.6 is 0 Å². The summed E-state index contributed by atoms with van der Waals surface area (Å²) in [5, 5.41) is 3.72. The van der Waals surface area contributed by atoms with Crippen LogP contribution in [-0.2, 0) is 0 Å². The van der Waals surface area contributed by atoms with Gasteiger partial charge in [0.25, 0.3) is 0 Å². The van der Waals surface area contributed by atoms with E-state index >= 15 is 0 Å². The molecule has 2 nitrogen and oxygen atoms in total. The highest BCUT2D eigenvalue weighted by Crippen LogP contribution is 2.30. The molecule has 0 aromatic carbocycles. The molecule has 2 heteroatoms. The van der Waals surface area contributed by atoms with Crippen molar-refractivity contribution in [3.05, 3.63) is 0 Å². The summed E-state index contributed by atoms with van der Waals surface area (Å²) in [6, 6.07) is 1.45. The van der Waals surface area contributed by atoms with Gasteiger partial charge in [-0.1, -0.05) is 39.5 Å². The lowest BCUT2D eigenvalue weighted by Crippen LogP contribution is -2.57. The van der Waals surface area contributed by atoms with E-state index in [0.29, 0.717) is 0 Å². The quantitative estimate of drug-likeness (QED) is 0.792. The van der Waals surface area contributed by atoms with Crippen LogP contribution in [0.4, 0.5) is 0 Å². The maximum Gasteiger partial charge on any atom is 0.0221 e. The third kappa shape index (κ3) is 3.45. The smallest absolute Gasteiger partial charge is 0.0221 e. The van der Waals surface area contributed by atoms with Crippen molar-refractivity contribution < 1.29 is 0 Å². The van der Waals surface area contributed by atoms with E-state index in [1.54, 1.807) is 0 Å². The van der Waals surface area contributed by atoms with Gasteiger partial charge in [-0.05, 0) is 31.7 Å². The Hall–Kier alpha value is -0.0800. The minimum absolute atomic E-state index is 0.720.